The molecule has 0 aliphatic rings. The molecule has 2 N–H and O–H groups in total. The molecule has 27 heavy (non-hydrogen) atoms. The Bertz CT molecular complexity index is 544. The number of ether oxygens (including phenoxy) is 2. The van der Waals surface area contributed by atoms with Crippen molar-refractivity contribution in [1.29, 1.82) is 0 Å². The molecule has 0 spiro atoms. The van der Waals surface area contributed by atoms with Gasteiger partial charge >= 0.3 is 0 Å². The summed E-state index contributed by atoms with van der Waals surface area (Å²) in [6.07, 6.45) is 0.887. The molecule has 1 aromatic carbocycles. The molecule has 1 rings (SSSR count). The third-order valence-electron chi connectivity index (χ3n) is 3.55. The lowest BCUT2D eigenvalue weighted by atomic mass is 10.1. The van der Waals surface area contributed by atoms with E-state index in [1.807, 2.05) is 32.0 Å². The quantitative estimate of drug-likeness (QED) is 0.202. The van der Waals surface area contributed by atoms with Gasteiger partial charge in [0.2, 0.25) is 0 Å². The van der Waals surface area contributed by atoms with Crippen molar-refractivity contribution in [3.63, 3.8) is 0 Å². The Labute approximate surface area is 179 Å². The van der Waals surface area contributed by atoms with Crippen molar-refractivity contribution < 1.29 is 13.9 Å². The third kappa shape index (κ3) is 12.2. The average molecular weight is 496 g/mol. The minimum atomic E-state index is -0.176. The normalized spacial score (nSPS) is 11.4. The predicted molar refractivity (Wildman–Crippen MR) is 119 cm³/mol. The van der Waals surface area contributed by atoms with Crippen LogP contribution < -0.4 is 10.6 Å². The molecule has 1 aromatic rings. The molecule has 0 bridgehead atoms. The van der Waals surface area contributed by atoms with Gasteiger partial charge in [-0.15, -0.1) is 24.0 Å². The van der Waals surface area contributed by atoms with Gasteiger partial charge in [0.15, 0.2) is 5.96 Å². The number of guanidine groups is 1. The Hall–Kier alpha value is -0.970. The van der Waals surface area contributed by atoms with E-state index >= 15 is 0 Å². The summed E-state index contributed by atoms with van der Waals surface area (Å²) in [6.45, 7) is 6.57. The first kappa shape index (κ1) is 26.0. The molecular formula is C19H34FIN4O2. The summed E-state index contributed by atoms with van der Waals surface area (Å²) >= 11 is 0. The SMILES string of the molecule is CCNC(=NCc1ccc(F)c(CN(C)C)c1)NCCCOCCOC.I. The van der Waals surface area contributed by atoms with Gasteiger partial charge in [-0.3, -0.25) is 0 Å². The van der Waals surface area contributed by atoms with Crippen LogP contribution in [0.15, 0.2) is 23.2 Å². The lowest BCUT2D eigenvalue weighted by Gasteiger charge is -2.13. The highest BCUT2D eigenvalue weighted by Crippen LogP contribution is 2.13. The summed E-state index contributed by atoms with van der Waals surface area (Å²) in [5.41, 5.74) is 1.68. The van der Waals surface area contributed by atoms with E-state index in [2.05, 4.69) is 15.6 Å². The Morgan fingerprint density at radius 1 is 1.19 bits per heavy atom. The molecule has 0 aliphatic carbocycles. The molecule has 0 saturated carbocycles. The number of nitrogens with zero attached hydrogens (tertiary/aromatic N) is 2. The maximum absolute atomic E-state index is 13.9. The molecule has 0 atom stereocenters. The fourth-order valence-electron chi connectivity index (χ4n) is 2.33. The van der Waals surface area contributed by atoms with Gasteiger partial charge in [0, 0.05) is 38.9 Å². The lowest BCUT2D eigenvalue weighted by Crippen LogP contribution is -2.38. The summed E-state index contributed by atoms with van der Waals surface area (Å²) < 4.78 is 24.2. The zero-order valence-corrected chi connectivity index (χ0v) is 19.2. The first-order chi connectivity index (χ1) is 12.6. The van der Waals surface area contributed by atoms with Gasteiger partial charge in [-0.05, 0) is 45.1 Å². The van der Waals surface area contributed by atoms with Crippen LogP contribution in [-0.2, 0) is 22.6 Å². The van der Waals surface area contributed by atoms with E-state index in [9.17, 15) is 4.39 Å². The minimum absolute atomic E-state index is 0. The van der Waals surface area contributed by atoms with E-state index in [-0.39, 0.29) is 29.8 Å². The van der Waals surface area contributed by atoms with Gasteiger partial charge in [-0.2, -0.15) is 0 Å². The van der Waals surface area contributed by atoms with Gasteiger partial charge in [0.05, 0.1) is 19.8 Å². The Balaban J connectivity index is 0.00000676. The second-order valence-electron chi connectivity index (χ2n) is 6.24. The number of halogens is 2. The van der Waals surface area contributed by atoms with E-state index in [4.69, 9.17) is 9.47 Å². The standard InChI is InChI=1S/C19H33FN4O2.HI/c1-5-21-19(22-9-6-10-26-12-11-25-4)23-14-16-7-8-18(20)17(13-16)15-24(2)3;/h7-8,13H,5-6,9-12,14-15H2,1-4H3,(H2,21,22,23);1H. The van der Waals surface area contributed by atoms with E-state index in [0.717, 1.165) is 31.0 Å². The van der Waals surface area contributed by atoms with Crippen LogP contribution in [0.2, 0.25) is 0 Å². The van der Waals surface area contributed by atoms with Crippen LogP contribution in [-0.4, -0.2) is 65.0 Å². The summed E-state index contributed by atoms with van der Waals surface area (Å²) in [4.78, 5) is 6.53. The van der Waals surface area contributed by atoms with Crippen LogP contribution in [0.25, 0.3) is 0 Å². The molecule has 0 radical (unpaired) electrons. The van der Waals surface area contributed by atoms with Crippen LogP contribution in [0, 0.1) is 5.82 Å². The topological polar surface area (TPSA) is 58.1 Å². The minimum Gasteiger partial charge on any atom is -0.382 e. The number of aliphatic imine (C=N–C) groups is 1. The molecule has 0 fully saturated rings. The van der Waals surface area contributed by atoms with Crippen molar-refractivity contribution in [3.05, 3.63) is 35.1 Å². The molecule has 0 heterocycles. The fourth-order valence-corrected chi connectivity index (χ4v) is 2.33. The second-order valence-corrected chi connectivity index (χ2v) is 6.24. The summed E-state index contributed by atoms with van der Waals surface area (Å²) in [6, 6.07) is 5.18. The Morgan fingerprint density at radius 3 is 2.63 bits per heavy atom. The van der Waals surface area contributed by atoms with Gasteiger partial charge in [-0.25, -0.2) is 9.38 Å². The zero-order valence-electron chi connectivity index (χ0n) is 16.9. The molecule has 0 unspecified atom stereocenters. The largest absolute Gasteiger partial charge is 0.382 e. The van der Waals surface area contributed by atoms with E-state index in [0.29, 0.717) is 38.5 Å². The Kier molecular flexibility index (Phi) is 15.5. The maximum atomic E-state index is 13.9. The highest BCUT2D eigenvalue weighted by Gasteiger charge is 2.05. The van der Waals surface area contributed by atoms with Crippen molar-refractivity contribution >= 4 is 29.9 Å². The first-order valence-corrected chi connectivity index (χ1v) is 9.07. The van der Waals surface area contributed by atoms with Crippen molar-refractivity contribution in [2.24, 2.45) is 4.99 Å². The number of hydrogen-bond donors (Lipinski definition) is 2. The van der Waals surface area contributed by atoms with Gasteiger partial charge in [0.1, 0.15) is 5.82 Å². The van der Waals surface area contributed by atoms with Crippen molar-refractivity contribution in [2.75, 3.05) is 54.1 Å². The van der Waals surface area contributed by atoms with Crippen molar-refractivity contribution in [3.8, 4) is 0 Å². The van der Waals surface area contributed by atoms with Crippen molar-refractivity contribution in [1.82, 2.24) is 15.5 Å². The molecule has 6 nitrogen and oxygen atoms in total. The number of nitrogens with one attached hydrogen (secondary N) is 2. The van der Waals surface area contributed by atoms with Crippen molar-refractivity contribution in [2.45, 2.75) is 26.4 Å². The molecular weight excluding hydrogens is 462 g/mol. The summed E-state index contributed by atoms with van der Waals surface area (Å²) in [5, 5.41) is 6.50. The fraction of sp³-hybridized carbons (Fsp3) is 0.632. The number of benzene rings is 1. The monoisotopic (exact) mass is 496 g/mol. The third-order valence-corrected chi connectivity index (χ3v) is 3.55. The van der Waals surface area contributed by atoms with Crippen LogP contribution in [0.4, 0.5) is 4.39 Å². The molecule has 0 amide bonds. The maximum Gasteiger partial charge on any atom is 0.191 e. The second kappa shape index (κ2) is 16.0. The molecule has 0 aromatic heterocycles. The van der Waals surface area contributed by atoms with Crippen LogP contribution >= 0.6 is 24.0 Å². The van der Waals surface area contributed by atoms with Gasteiger partial charge in [-0.1, -0.05) is 6.07 Å². The zero-order chi connectivity index (χ0) is 19.2. The van der Waals surface area contributed by atoms with E-state index in [1.165, 1.54) is 6.07 Å². The summed E-state index contributed by atoms with van der Waals surface area (Å²) in [5.74, 6) is 0.577. The predicted octanol–water partition coefficient (Wildman–Crippen LogP) is 2.61. The average Bonchev–Trinajstić information content (AvgIpc) is 2.60. The lowest BCUT2D eigenvalue weighted by molar-refractivity contribution is 0.0698. The highest BCUT2D eigenvalue weighted by atomic mass is 127. The van der Waals surface area contributed by atoms with E-state index < -0.39 is 0 Å². The van der Waals surface area contributed by atoms with Crippen LogP contribution in [0.5, 0.6) is 0 Å². The molecule has 8 heteroatoms. The molecule has 156 valence electrons. The number of rotatable bonds is 12. The molecule has 0 saturated heterocycles. The first-order valence-electron chi connectivity index (χ1n) is 9.07. The van der Waals surface area contributed by atoms with Gasteiger partial charge in [0.25, 0.3) is 0 Å². The van der Waals surface area contributed by atoms with Crippen LogP contribution in [0.3, 0.4) is 0 Å². The van der Waals surface area contributed by atoms with Crippen LogP contribution in [0.1, 0.15) is 24.5 Å². The smallest absolute Gasteiger partial charge is 0.191 e. The van der Waals surface area contributed by atoms with E-state index in [1.54, 1.807) is 13.2 Å². The van der Waals surface area contributed by atoms with Gasteiger partial charge < -0.3 is 25.0 Å². The number of hydrogen-bond acceptors (Lipinski definition) is 4. The number of methoxy groups -OCH3 is 1. The molecule has 0 aliphatic heterocycles. The highest BCUT2D eigenvalue weighted by molar-refractivity contribution is 14.0. The summed E-state index contributed by atoms with van der Waals surface area (Å²) in [7, 11) is 5.52. The Morgan fingerprint density at radius 2 is 1.96 bits per heavy atom.